The molecule has 0 saturated carbocycles. The second-order valence-corrected chi connectivity index (χ2v) is 3.83. The quantitative estimate of drug-likeness (QED) is 0.753. The molecular formula is C13H9F3O2. The fraction of sp³-hybridized carbons (Fsp3) is 0.154. The van der Waals surface area contributed by atoms with E-state index in [0.717, 1.165) is 12.1 Å². The molecule has 0 atom stereocenters. The van der Waals surface area contributed by atoms with Crippen LogP contribution in [0, 0.1) is 0 Å². The van der Waals surface area contributed by atoms with E-state index >= 15 is 0 Å². The van der Waals surface area contributed by atoms with Gasteiger partial charge in [0, 0.05) is 12.5 Å². The van der Waals surface area contributed by atoms with Gasteiger partial charge in [-0.05, 0) is 23.8 Å². The maximum atomic E-state index is 12.4. The minimum Gasteiger partial charge on any atom is -0.461 e. The smallest absolute Gasteiger partial charge is 0.416 e. The molecule has 1 aromatic carbocycles. The molecule has 0 radical (unpaired) electrons. The third kappa shape index (κ3) is 2.45. The lowest BCUT2D eigenvalue weighted by atomic mass is 10.1. The van der Waals surface area contributed by atoms with Crippen molar-refractivity contribution in [1.82, 2.24) is 0 Å². The molecule has 0 saturated heterocycles. The molecule has 0 aliphatic heterocycles. The van der Waals surface area contributed by atoms with Crippen molar-refractivity contribution in [3.8, 4) is 11.1 Å². The Kier molecular flexibility index (Phi) is 2.98. The summed E-state index contributed by atoms with van der Waals surface area (Å²) in [4.78, 5) is 11.0. The van der Waals surface area contributed by atoms with E-state index < -0.39 is 11.7 Å². The van der Waals surface area contributed by atoms with E-state index in [1.807, 2.05) is 0 Å². The topological polar surface area (TPSA) is 30.2 Å². The fourth-order valence-corrected chi connectivity index (χ4v) is 1.52. The van der Waals surface area contributed by atoms with E-state index in [1.54, 1.807) is 0 Å². The van der Waals surface area contributed by atoms with Crippen LogP contribution >= 0.6 is 0 Å². The number of rotatable bonds is 2. The molecule has 18 heavy (non-hydrogen) atoms. The lowest BCUT2D eigenvalue weighted by molar-refractivity contribution is -0.137. The van der Waals surface area contributed by atoms with Gasteiger partial charge in [0.1, 0.15) is 0 Å². The first-order valence-electron chi connectivity index (χ1n) is 5.15. The third-order valence-electron chi connectivity index (χ3n) is 2.49. The number of ketones is 1. The predicted octanol–water partition coefficient (Wildman–Crippen LogP) is 4.17. The molecule has 0 unspecified atom stereocenters. The van der Waals surface area contributed by atoms with E-state index in [4.69, 9.17) is 4.42 Å². The van der Waals surface area contributed by atoms with Gasteiger partial charge in [0.15, 0.2) is 11.5 Å². The predicted molar refractivity (Wildman–Crippen MR) is 59.2 cm³/mol. The van der Waals surface area contributed by atoms with Crippen LogP contribution < -0.4 is 0 Å². The van der Waals surface area contributed by atoms with Crippen LogP contribution in [-0.2, 0) is 6.18 Å². The first-order valence-corrected chi connectivity index (χ1v) is 5.15. The number of hydrogen-bond acceptors (Lipinski definition) is 2. The van der Waals surface area contributed by atoms with Crippen LogP contribution in [0.5, 0.6) is 0 Å². The molecule has 0 N–H and O–H groups in total. The Morgan fingerprint density at radius 2 is 1.72 bits per heavy atom. The summed E-state index contributed by atoms with van der Waals surface area (Å²) in [6.07, 6.45) is -3.00. The van der Waals surface area contributed by atoms with Gasteiger partial charge in [-0.3, -0.25) is 4.79 Å². The van der Waals surface area contributed by atoms with Crippen molar-refractivity contribution in [2.24, 2.45) is 0 Å². The Labute approximate surface area is 101 Å². The van der Waals surface area contributed by atoms with E-state index in [2.05, 4.69) is 0 Å². The molecule has 2 aromatic rings. The molecule has 1 heterocycles. The summed E-state index contributed by atoms with van der Waals surface area (Å²) in [7, 11) is 0. The van der Waals surface area contributed by atoms with E-state index in [-0.39, 0.29) is 11.5 Å². The van der Waals surface area contributed by atoms with Crippen LogP contribution in [0.1, 0.15) is 23.0 Å². The zero-order valence-electron chi connectivity index (χ0n) is 9.41. The Morgan fingerprint density at radius 1 is 1.11 bits per heavy atom. The Hall–Kier alpha value is -2.04. The van der Waals surface area contributed by atoms with Crippen molar-refractivity contribution in [2.45, 2.75) is 13.1 Å². The molecular weight excluding hydrogens is 245 g/mol. The monoisotopic (exact) mass is 254 g/mol. The Balaban J connectivity index is 2.31. The summed E-state index contributed by atoms with van der Waals surface area (Å²) in [6.45, 7) is 1.36. The van der Waals surface area contributed by atoms with E-state index in [9.17, 15) is 18.0 Å². The van der Waals surface area contributed by atoms with Gasteiger partial charge >= 0.3 is 6.18 Å². The molecule has 0 bridgehead atoms. The van der Waals surface area contributed by atoms with Crippen LogP contribution in [0.3, 0.4) is 0 Å². The first kappa shape index (κ1) is 12.4. The van der Waals surface area contributed by atoms with Crippen LogP contribution in [0.25, 0.3) is 11.1 Å². The van der Waals surface area contributed by atoms with Crippen molar-refractivity contribution in [2.75, 3.05) is 0 Å². The molecule has 94 valence electrons. The van der Waals surface area contributed by atoms with Crippen LogP contribution in [-0.4, -0.2) is 5.78 Å². The average Bonchev–Trinajstić information content (AvgIpc) is 2.77. The van der Waals surface area contributed by atoms with Gasteiger partial charge in [0.05, 0.1) is 11.8 Å². The highest BCUT2D eigenvalue weighted by Crippen LogP contribution is 2.31. The Bertz CT molecular complexity index is 565. The van der Waals surface area contributed by atoms with Crippen LogP contribution in [0.2, 0.25) is 0 Å². The standard InChI is InChI=1S/C13H9F3O2/c1-8(17)12-6-10(7-18-12)9-2-4-11(5-3-9)13(14,15)16/h2-7H,1H3. The van der Waals surface area contributed by atoms with Crippen molar-refractivity contribution in [3.63, 3.8) is 0 Å². The molecule has 0 aliphatic carbocycles. The fourth-order valence-electron chi connectivity index (χ4n) is 1.52. The van der Waals surface area contributed by atoms with Gasteiger partial charge in [-0.1, -0.05) is 12.1 Å². The molecule has 5 heteroatoms. The lowest BCUT2D eigenvalue weighted by Gasteiger charge is -2.06. The SMILES string of the molecule is CC(=O)c1cc(-c2ccc(C(F)(F)F)cc2)co1. The van der Waals surface area contributed by atoms with Crippen molar-refractivity contribution in [1.29, 1.82) is 0 Å². The normalized spacial score (nSPS) is 11.6. The largest absolute Gasteiger partial charge is 0.461 e. The van der Waals surface area contributed by atoms with Gasteiger partial charge < -0.3 is 4.42 Å². The number of carbonyl (C=O) groups excluding carboxylic acids is 1. The molecule has 0 fully saturated rings. The zero-order chi connectivity index (χ0) is 13.3. The lowest BCUT2D eigenvalue weighted by Crippen LogP contribution is -2.03. The summed E-state index contributed by atoms with van der Waals surface area (Å²) in [5.41, 5.74) is 0.440. The summed E-state index contributed by atoms with van der Waals surface area (Å²) in [5.74, 6) is -0.0435. The summed E-state index contributed by atoms with van der Waals surface area (Å²) < 4.78 is 42.1. The molecule has 0 amide bonds. The molecule has 2 rings (SSSR count). The summed E-state index contributed by atoms with van der Waals surface area (Å²) in [5, 5.41) is 0. The second kappa shape index (κ2) is 4.33. The highest BCUT2D eigenvalue weighted by Gasteiger charge is 2.30. The number of benzene rings is 1. The minimum atomic E-state index is -4.35. The number of furan rings is 1. The molecule has 0 aliphatic rings. The average molecular weight is 254 g/mol. The second-order valence-electron chi connectivity index (χ2n) is 3.83. The van der Waals surface area contributed by atoms with E-state index in [0.29, 0.717) is 11.1 Å². The number of hydrogen-bond donors (Lipinski definition) is 0. The third-order valence-corrected chi connectivity index (χ3v) is 2.49. The number of carbonyl (C=O) groups is 1. The maximum Gasteiger partial charge on any atom is 0.416 e. The highest BCUT2D eigenvalue weighted by molar-refractivity contribution is 5.92. The van der Waals surface area contributed by atoms with Gasteiger partial charge in [0.2, 0.25) is 0 Å². The van der Waals surface area contributed by atoms with Gasteiger partial charge in [-0.2, -0.15) is 13.2 Å². The molecule has 2 nitrogen and oxygen atoms in total. The summed E-state index contributed by atoms with van der Waals surface area (Å²) >= 11 is 0. The van der Waals surface area contributed by atoms with Crippen molar-refractivity contribution < 1.29 is 22.4 Å². The summed E-state index contributed by atoms with van der Waals surface area (Å²) in [6, 6.07) is 6.19. The van der Waals surface area contributed by atoms with Crippen molar-refractivity contribution in [3.05, 3.63) is 47.9 Å². The van der Waals surface area contributed by atoms with Gasteiger partial charge in [-0.15, -0.1) is 0 Å². The van der Waals surface area contributed by atoms with E-state index in [1.165, 1.54) is 31.4 Å². The zero-order valence-corrected chi connectivity index (χ0v) is 9.41. The first-order chi connectivity index (χ1) is 8.38. The molecule has 1 aromatic heterocycles. The number of alkyl halides is 3. The minimum absolute atomic E-state index is 0.185. The van der Waals surface area contributed by atoms with Crippen LogP contribution in [0.4, 0.5) is 13.2 Å². The van der Waals surface area contributed by atoms with Crippen molar-refractivity contribution >= 4 is 5.78 Å². The number of Topliss-reactive ketones (excluding diaryl/α,β-unsaturated/α-hetero) is 1. The van der Waals surface area contributed by atoms with Gasteiger partial charge in [0.25, 0.3) is 0 Å². The van der Waals surface area contributed by atoms with Crippen LogP contribution in [0.15, 0.2) is 41.0 Å². The Morgan fingerprint density at radius 3 is 2.17 bits per heavy atom. The molecule has 0 spiro atoms. The highest BCUT2D eigenvalue weighted by atomic mass is 19.4. The maximum absolute atomic E-state index is 12.4. The van der Waals surface area contributed by atoms with Gasteiger partial charge in [-0.25, -0.2) is 0 Å². The number of halogens is 3.